The molecular formula is C17H14N2O2. The number of rotatable bonds is 4. The number of aryl methyl sites for hydroxylation is 1. The first-order chi connectivity index (χ1) is 10.3. The van der Waals surface area contributed by atoms with Gasteiger partial charge in [0.2, 0.25) is 5.88 Å². The minimum atomic E-state index is 0.440. The van der Waals surface area contributed by atoms with Gasteiger partial charge in [0.15, 0.2) is 6.29 Å². The monoisotopic (exact) mass is 278 g/mol. The fourth-order valence-corrected chi connectivity index (χ4v) is 2.16. The number of aromatic nitrogens is 2. The Labute approximate surface area is 122 Å². The van der Waals surface area contributed by atoms with Crippen molar-refractivity contribution in [1.29, 1.82) is 0 Å². The number of aldehydes is 1. The van der Waals surface area contributed by atoms with Gasteiger partial charge in [-0.15, -0.1) is 0 Å². The summed E-state index contributed by atoms with van der Waals surface area (Å²) in [5.74, 6) is 1.11. The lowest BCUT2D eigenvalue weighted by Gasteiger charge is -2.05. The standard InChI is InChI=1S/C17H14N2O2/c1-19-17(21-14-10-6-3-7-11-14)15(12-20)16(18-19)13-8-4-2-5-9-13/h2-12H,1H3. The molecule has 0 radical (unpaired) electrons. The lowest BCUT2D eigenvalue weighted by Crippen LogP contribution is -1.96. The van der Waals surface area contributed by atoms with E-state index in [0.29, 0.717) is 22.9 Å². The zero-order valence-corrected chi connectivity index (χ0v) is 11.6. The van der Waals surface area contributed by atoms with Crippen molar-refractivity contribution >= 4 is 6.29 Å². The molecule has 2 aromatic carbocycles. The maximum absolute atomic E-state index is 11.5. The van der Waals surface area contributed by atoms with Gasteiger partial charge in [-0.1, -0.05) is 48.5 Å². The molecule has 0 saturated carbocycles. The Morgan fingerprint density at radius 1 is 1.00 bits per heavy atom. The van der Waals surface area contributed by atoms with Gasteiger partial charge < -0.3 is 4.74 Å². The third-order valence-corrected chi connectivity index (χ3v) is 3.15. The number of hydrogen-bond acceptors (Lipinski definition) is 3. The topological polar surface area (TPSA) is 44.1 Å². The Bertz CT molecular complexity index is 749. The minimum Gasteiger partial charge on any atom is -0.439 e. The van der Waals surface area contributed by atoms with Crippen LogP contribution in [-0.4, -0.2) is 16.1 Å². The second kappa shape index (κ2) is 5.63. The van der Waals surface area contributed by atoms with Crippen LogP contribution in [0.25, 0.3) is 11.3 Å². The van der Waals surface area contributed by atoms with Crippen molar-refractivity contribution in [2.75, 3.05) is 0 Å². The van der Waals surface area contributed by atoms with E-state index >= 15 is 0 Å². The highest BCUT2D eigenvalue weighted by Gasteiger charge is 2.18. The Balaban J connectivity index is 2.06. The van der Waals surface area contributed by atoms with Gasteiger partial charge in [0.1, 0.15) is 17.0 Å². The Hall–Kier alpha value is -2.88. The molecular weight excluding hydrogens is 264 g/mol. The van der Waals surface area contributed by atoms with Crippen LogP contribution in [0.2, 0.25) is 0 Å². The highest BCUT2D eigenvalue weighted by molar-refractivity contribution is 5.89. The SMILES string of the molecule is Cn1nc(-c2ccccc2)c(C=O)c1Oc1ccccc1. The number of carbonyl (C=O) groups excluding carboxylic acids is 1. The van der Waals surface area contributed by atoms with Crippen molar-refractivity contribution in [2.45, 2.75) is 0 Å². The van der Waals surface area contributed by atoms with Gasteiger partial charge in [0.05, 0.1) is 0 Å². The van der Waals surface area contributed by atoms with E-state index in [1.165, 1.54) is 0 Å². The van der Waals surface area contributed by atoms with Crippen LogP contribution in [0.15, 0.2) is 60.7 Å². The van der Waals surface area contributed by atoms with Crippen molar-refractivity contribution < 1.29 is 9.53 Å². The Morgan fingerprint density at radius 3 is 2.24 bits per heavy atom. The van der Waals surface area contributed by atoms with E-state index in [4.69, 9.17) is 4.74 Å². The van der Waals surface area contributed by atoms with Gasteiger partial charge in [-0.05, 0) is 12.1 Å². The summed E-state index contributed by atoms with van der Waals surface area (Å²) in [5, 5.41) is 4.41. The summed E-state index contributed by atoms with van der Waals surface area (Å²) in [6, 6.07) is 18.9. The van der Waals surface area contributed by atoms with Crippen LogP contribution in [0.1, 0.15) is 10.4 Å². The van der Waals surface area contributed by atoms with Gasteiger partial charge in [0, 0.05) is 12.6 Å². The molecule has 104 valence electrons. The first-order valence-electron chi connectivity index (χ1n) is 6.60. The largest absolute Gasteiger partial charge is 0.439 e. The second-order valence-electron chi connectivity index (χ2n) is 4.59. The van der Waals surface area contributed by atoms with Crippen LogP contribution in [0.3, 0.4) is 0 Å². The number of carbonyl (C=O) groups is 1. The first-order valence-corrected chi connectivity index (χ1v) is 6.60. The maximum atomic E-state index is 11.5. The molecule has 0 fully saturated rings. The van der Waals surface area contributed by atoms with Crippen LogP contribution in [-0.2, 0) is 7.05 Å². The molecule has 3 rings (SSSR count). The van der Waals surface area contributed by atoms with Crippen molar-refractivity contribution in [3.8, 4) is 22.9 Å². The van der Waals surface area contributed by atoms with Crippen molar-refractivity contribution in [2.24, 2.45) is 7.05 Å². The van der Waals surface area contributed by atoms with Gasteiger partial charge in [-0.3, -0.25) is 4.79 Å². The zero-order chi connectivity index (χ0) is 14.7. The number of benzene rings is 2. The van der Waals surface area contributed by atoms with Gasteiger partial charge in [0.25, 0.3) is 0 Å². The van der Waals surface area contributed by atoms with Crippen LogP contribution < -0.4 is 4.74 Å². The summed E-state index contributed by atoms with van der Waals surface area (Å²) in [7, 11) is 1.76. The third kappa shape index (κ3) is 2.56. The van der Waals surface area contributed by atoms with Crippen LogP contribution >= 0.6 is 0 Å². The van der Waals surface area contributed by atoms with Crippen molar-refractivity contribution in [3.63, 3.8) is 0 Å². The second-order valence-corrected chi connectivity index (χ2v) is 4.59. The molecule has 3 aromatic rings. The fraction of sp³-hybridized carbons (Fsp3) is 0.0588. The summed E-state index contributed by atoms with van der Waals surface area (Å²) in [4.78, 5) is 11.5. The minimum absolute atomic E-state index is 0.440. The molecule has 0 unspecified atom stereocenters. The molecule has 0 bridgehead atoms. The van der Waals surface area contributed by atoms with Crippen LogP contribution in [0.4, 0.5) is 0 Å². The van der Waals surface area contributed by atoms with Crippen molar-refractivity contribution in [1.82, 2.24) is 9.78 Å². The van der Waals surface area contributed by atoms with E-state index in [1.54, 1.807) is 11.7 Å². The average molecular weight is 278 g/mol. The number of nitrogens with zero attached hydrogens (tertiary/aromatic N) is 2. The molecule has 21 heavy (non-hydrogen) atoms. The van der Waals surface area contributed by atoms with Gasteiger partial charge >= 0.3 is 0 Å². The highest BCUT2D eigenvalue weighted by atomic mass is 16.5. The summed E-state index contributed by atoms with van der Waals surface area (Å²) in [6.07, 6.45) is 0.785. The van der Waals surface area contributed by atoms with Gasteiger partial charge in [-0.2, -0.15) is 5.10 Å². The molecule has 0 aliphatic rings. The molecule has 0 saturated heterocycles. The molecule has 0 atom stereocenters. The predicted octanol–water partition coefficient (Wildman–Crippen LogP) is 3.69. The quantitative estimate of drug-likeness (QED) is 0.684. The average Bonchev–Trinajstić information content (AvgIpc) is 2.85. The van der Waals surface area contributed by atoms with E-state index < -0.39 is 0 Å². The first kappa shape index (κ1) is 13.1. The zero-order valence-electron chi connectivity index (χ0n) is 11.6. The number of para-hydroxylation sites is 1. The molecule has 0 amide bonds. The van der Waals surface area contributed by atoms with Gasteiger partial charge in [-0.25, -0.2) is 4.68 Å². The normalized spacial score (nSPS) is 10.3. The van der Waals surface area contributed by atoms with E-state index in [1.807, 2.05) is 60.7 Å². The lowest BCUT2D eigenvalue weighted by atomic mass is 10.1. The van der Waals surface area contributed by atoms with Crippen LogP contribution in [0.5, 0.6) is 11.6 Å². The van der Waals surface area contributed by atoms with E-state index in [-0.39, 0.29) is 0 Å². The van der Waals surface area contributed by atoms with Crippen molar-refractivity contribution in [3.05, 3.63) is 66.2 Å². The highest BCUT2D eigenvalue weighted by Crippen LogP contribution is 2.31. The molecule has 4 nitrogen and oxygen atoms in total. The molecule has 1 heterocycles. The van der Waals surface area contributed by atoms with E-state index in [2.05, 4.69) is 5.10 Å². The summed E-state index contributed by atoms with van der Waals surface area (Å²) in [6.45, 7) is 0. The molecule has 0 aliphatic carbocycles. The molecule has 4 heteroatoms. The Morgan fingerprint density at radius 2 is 1.62 bits per heavy atom. The summed E-state index contributed by atoms with van der Waals surface area (Å²) >= 11 is 0. The Kier molecular flexibility index (Phi) is 3.51. The molecule has 1 aromatic heterocycles. The number of ether oxygens (including phenoxy) is 1. The van der Waals surface area contributed by atoms with E-state index in [0.717, 1.165) is 11.8 Å². The fourth-order valence-electron chi connectivity index (χ4n) is 2.16. The molecule has 0 N–H and O–H groups in total. The predicted molar refractivity (Wildman–Crippen MR) is 80.5 cm³/mol. The maximum Gasteiger partial charge on any atom is 0.228 e. The third-order valence-electron chi connectivity index (χ3n) is 3.15. The summed E-state index contributed by atoms with van der Waals surface area (Å²) in [5.41, 5.74) is 1.96. The smallest absolute Gasteiger partial charge is 0.228 e. The lowest BCUT2D eigenvalue weighted by molar-refractivity contribution is 0.112. The van der Waals surface area contributed by atoms with E-state index in [9.17, 15) is 4.79 Å². The summed E-state index contributed by atoms with van der Waals surface area (Å²) < 4.78 is 7.38. The molecule has 0 aliphatic heterocycles. The molecule has 0 spiro atoms. The number of hydrogen-bond donors (Lipinski definition) is 0. The van der Waals surface area contributed by atoms with Crippen LogP contribution in [0, 0.1) is 0 Å².